The van der Waals surface area contributed by atoms with Gasteiger partial charge in [0.15, 0.2) is 5.82 Å². The lowest BCUT2D eigenvalue weighted by atomic mass is 10.3. The molecule has 0 saturated carbocycles. The fourth-order valence-electron chi connectivity index (χ4n) is 2.56. The molecule has 1 atom stereocenters. The third-order valence-electron chi connectivity index (χ3n) is 3.70. The standard InChI is InChI=1S/C15H16ClN5O2/c1-9(13-20-19-12-7-4-8-21(12)13)17-14(22)15(23)18-11-6-3-2-5-10(11)16/h2-3,5-6,9H,4,7-8H2,1H3,(H,17,22)(H,18,23). The Morgan fingerprint density at radius 3 is 2.83 bits per heavy atom. The smallest absolute Gasteiger partial charge is 0.313 e. The summed E-state index contributed by atoms with van der Waals surface area (Å²) < 4.78 is 1.98. The van der Waals surface area contributed by atoms with Crippen molar-refractivity contribution in [1.82, 2.24) is 20.1 Å². The van der Waals surface area contributed by atoms with Gasteiger partial charge in [-0.25, -0.2) is 0 Å². The first kappa shape index (κ1) is 15.5. The van der Waals surface area contributed by atoms with Crippen molar-refractivity contribution >= 4 is 29.1 Å². The molecule has 1 aromatic carbocycles. The zero-order valence-electron chi connectivity index (χ0n) is 12.5. The highest BCUT2D eigenvalue weighted by atomic mass is 35.5. The molecule has 0 saturated heterocycles. The first-order valence-corrected chi connectivity index (χ1v) is 7.72. The number of hydrogen-bond donors (Lipinski definition) is 2. The Kier molecular flexibility index (Phi) is 4.29. The summed E-state index contributed by atoms with van der Waals surface area (Å²) in [6.45, 7) is 2.61. The molecule has 1 aliphatic heterocycles. The number of rotatable bonds is 3. The summed E-state index contributed by atoms with van der Waals surface area (Å²) in [5, 5.41) is 13.7. The Morgan fingerprint density at radius 2 is 2.04 bits per heavy atom. The summed E-state index contributed by atoms with van der Waals surface area (Å²) in [6.07, 6.45) is 1.91. The minimum Gasteiger partial charge on any atom is -0.338 e. The molecule has 8 heteroatoms. The lowest BCUT2D eigenvalue weighted by Gasteiger charge is -2.14. The number of nitrogens with zero attached hydrogens (tertiary/aromatic N) is 3. The van der Waals surface area contributed by atoms with Crippen LogP contribution in [0, 0.1) is 0 Å². The van der Waals surface area contributed by atoms with Gasteiger partial charge < -0.3 is 15.2 Å². The molecular weight excluding hydrogens is 318 g/mol. The van der Waals surface area contributed by atoms with Crippen LogP contribution < -0.4 is 10.6 Å². The molecule has 2 aromatic rings. The highest BCUT2D eigenvalue weighted by Gasteiger charge is 2.24. The van der Waals surface area contributed by atoms with E-state index in [4.69, 9.17) is 11.6 Å². The summed E-state index contributed by atoms with van der Waals surface area (Å²) in [4.78, 5) is 24.0. The number of aryl methyl sites for hydroxylation is 1. The molecule has 120 valence electrons. The molecule has 3 rings (SSSR count). The Balaban J connectivity index is 1.64. The van der Waals surface area contributed by atoms with E-state index in [0.29, 0.717) is 16.5 Å². The van der Waals surface area contributed by atoms with Crippen LogP contribution in [0.2, 0.25) is 5.02 Å². The molecule has 0 fully saturated rings. The topological polar surface area (TPSA) is 88.9 Å². The second-order valence-corrected chi connectivity index (χ2v) is 5.77. The summed E-state index contributed by atoms with van der Waals surface area (Å²) in [5.41, 5.74) is 0.394. The largest absolute Gasteiger partial charge is 0.338 e. The van der Waals surface area contributed by atoms with Crippen molar-refractivity contribution in [2.75, 3.05) is 5.32 Å². The van der Waals surface area contributed by atoms with Crippen LogP contribution in [0.1, 0.15) is 31.0 Å². The number of amides is 2. The van der Waals surface area contributed by atoms with Crippen LogP contribution in [-0.2, 0) is 22.6 Å². The molecule has 0 spiro atoms. The highest BCUT2D eigenvalue weighted by molar-refractivity contribution is 6.41. The number of nitrogens with one attached hydrogen (secondary N) is 2. The number of aromatic nitrogens is 3. The van der Waals surface area contributed by atoms with Crippen molar-refractivity contribution in [3.63, 3.8) is 0 Å². The average Bonchev–Trinajstić information content (AvgIpc) is 3.12. The number of hydrogen-bond acceptors (Lipinski definition) is 4. The fraction of sp³-hybridized carbons (Fsp3) is 0.333. The Hall–Kier alpha value is -2.41. The van der Waals surface area contributed by atoms with E-state index in [-0.39, 0.29) is 0 Å². The molecule has 1 aromatic heterocycles. The number of benzene rings is 1. The minimum atomic E-state index is -0.772. The molecule has 0 bridgehead atoms. The molecule has 1 aliphatic rings. The maximum atomic E-state index is 12.0. The number of halogens is 1. The lowest BCUT2D eigenvalue weighted by Crippen LogP contribution is -2.37. The first-order chi connectivity index (χ1) is 11.1. The van der Waals surface area contributed by atoms with Crippen molar-refractivity contribution in [3.8, 4) is 0 Å². The predicted octanol–water partition coefficient (Wildman–Crippen LogP) is 1.69. The quantitative estimate of drug-likeness (QED) is 0.837. The van der Waals surface area contributed by atoms with Crippen LogP contribution in [0.25, 0.3) is 0 Å². The molecular formula is C15H16ClN5O2. The van der Waals surface area contributed by atoms with Crippen LogP contribution in [0.15, 0.2) is 24.3 Å². The van der Waals surface area contributed by atoms with E-state index in [1.807, 2.05) is 4.57 Å². The highest BCUT2D eigenvalue weighted by Crippen LogP contribution is 2.21. The number of para-hydroxylation sites is 1. The number of fused-ring (bicyclic) bond motifs is 1. The van der Waals surface area contributed by atoms with Gasteiger partial charge in [-0.1, -0.05) is 23.7 Å². The summed E-state index contributed by atoms with van der Waals surface area (Å²) >= 11 is 5.96. The van der Waals surface area contributed by atoms with Crippen LogP contribution in [-0.4, -0.2) is 26.6 Å². The molecule has 7 nitrogen and oxygen atoms in total. The van der Waals surface area contributed by atoms with Gasteiger partial charge in [0.1, 0.15) is 5.82 Å². The summed E-state index contributed by atoms with van der Waals surface area (Å²) in [6, 6.07) is 6.33. The van der Waals surface area contributed by atoms with Gasteiger partial charge in [0.2, 0.25) is 0 Å². The Bertz CT molecular complexity index is 758. The third kappa shape index (κ3) is 3.19. The van der Waals surface area contributed by atoms with Gasteiger partial charge in [0, 0.05) is 13.0 Å². The van der Waals surface area contributed by atoms with Gasteiger partial charge in [0.05, 0.1) is 16.8 Å². The van der Waals surface area contributed by atoms with E-state index in [2.05, 4.69) is 20.8 Å². The molecule has 2 amide bonds. The second-order valence-electron chi connectivity index (χ2n) is 5.36. The predicted molar refractivity (Wildman–Crippen MR) is 85.0 cm³/mol. The third-order valence-corrected chi connectivity index (χ3v) is 4.03. The first-order valence-electron chi connectivity index (χ1n) is 7.34. The van der Waals surface area contributed by atoms with Gasteiger partial charge in [-0.2, -0.15) is 0 Å². The Labute approximate surface area is 138 Å². The van der Waals surface area contributed by atoms with E-state index < -0.39 is 17.9 Å². The van der Waals surface area contributed by atoms with Crippen molar-refractivity contribution in [1.29, 1.82) is 0 Å². The van der Waals surface area contributed by atoms with Gasteiger partial charge >= 0.3 is 11.8 Å². The zero-order chi connectivity index (χ0) is 16.4. The number of anilines is 1. The normalized spacial score (nSPS) is 14.2. The molecule has 0 aliphatic carbocycles. The van der Waals surface area contributed by atoms with Gasteiger partial charge in [-0.05, 0) is 25.5 Å². The monoisotopic (exact) mass is 333 g/mol. The van der Waals surface area contributed by atoms with E-state index in [1.54, 1.807) is 31.2 Å². The molecule has 1 unspecified atom stereocenters. The van der Waals surface area contributed by atoms with Crippen molar-refractivity contribution < 1.29 is 9.59 Å². The fourth-order valence-corrected chi connectivity index (χ4v) is 2.74. The van der Waals surface area contributed by atoms with Crippen LogP contribution in [0.3, 0.4) is 0 Å². The molecule has 2 heterocycles. The second kappa shape index (κ2) is 6.37. The van der Waals surface area contributed by atoms with Gasteiger partial charge in [-0.15, -0.1) is 10.2 Å². The average molecular weight is 334 g/mol. The van der Waals surface area contributed by atoms with E-state index in [9.17, 15) is 9.59 Å². The molecule has 0 radical (unpaired) electrons. The lowest BCUT2D eigenvalue weighted by molar-refractivity contribution is -0.136. The van der Waals surface area contributed by atoms with Gasteiger partial charge in [-0.3, -0.25) is 9.59 Å². The van der Waals surface area contributed by atoms with Crippen molar-refractivity contribution in [2.24, 2.45) is 0 Å². The number of carbonyl (C=O) groups excluding carboxylic acids is 2. The molecule has 2 N–H and O–H groups in total. The zero-order valence-corrected chi connectivity index (χ0v) is 13.3. The van der Waals surface area contributed by atoms with Crippen molar-refractivity contribution in [2.45, 2.75) is 32.4 Å². The SMILES string of the molecule is CC(NC(=O)C(=O)Nc1ccccc1Cl)c1nnc2n1CCC2. The minimum absolute atomic E-state index is 0.372. The number of carbonyl (C=O) groups is 2. The van der Waals surface area contributed by atoms with Crippen molar-refractivity contribution in [3.05, 3.63) is 40.9 Å². The maximum absolute atomic E-state index is 12.0. The van der Waals surface area contributed by atoms with Crippen LogP contribution in [0.4, 0.5) is 5.69 Å². The van der Waals surface area contributed by atoms with Crippen LogP contribution in [0.5, 0.6) is 0 Å². The summed E-state index contributed by atoms with van der Waals surface area (Å²) in [7, 11) is 0. The Morgan fingerprint density at radius 1 is 1.26 bits per heavy atom. The van der Waals surface area contributed by atoms with Gasteiger partial charge in [0.25, 0.3) is 0 Å². The van der Waals surface area contributed by atoms with Crippen LogP contribution >= 0.6 is 11.6 Å². The van der Waals surface area contributed by atoms with E-state index >= 15 is 0 Å². The van der Waals surface area contributed by atoms with E-state index in [0.717, 1.165) is 25.2 Å². The van der Waals surface area contributed by atoms with E-state index in [1.165, 1.54) is 0 Å². The summed E-state index contributed by atoms with van der Waals surface area (Å²) in [5.74, 6) is 0.0666. The maximum Gasteiger partial charge on any atom is 0.313 e. The molecule has 23 heavy (non-hydrogen) atoms.